The molecule has 3 rings (SSSR count). The maximum absolute atomic E-state index is 12.5. The van der Waals surface area contributed by atoms with E-state index in [0.29, 0.717) is 22.2 Å². The predicted octanol–water partition coefficient (Wildman–Crippen LogP) is 3.02. The quantitative estimate of drug-likeness (QED) is 0.567. The fourth-order valence-corrected chi connectivity index (χ4v) is 2.44. The number of nitrogens with one attached hydrogen (secondary N) is 1. The third-order valence-corrected chi connectivity index (χ3v) is 3.66. The van der Waals surface area contributed by atoms with Crippen LogP contribution in [0.3, 0.4) is 0 Å². The molecular weight excluding hydrogens is 318 g/mol. The Morgan fingerprint density at radius 2 is 1.96 bits per heavy atom. The first-order valence-corrected chi connectivity index (χ1v) is 7.64. The van der Waals surface area contributed by atoms with Crippen LogP contribution in [-0.2, 0) is 0 Å². The minimum Gasteiger partial charge on any atom is -0.508 e. The Kier molecular flexibility index (Phi) is 4.61. The topological polar surface area (TPSA) is 83.8 Å². The summed E-state index contributed by atoms with van der Waals surface area (Å²) in [4.78, 5) is 17.0. The largest absolute Gasteiger partial charge is 0.508 e. The molecule has 6 nitrogen and oxygen atoms in total. The highest BCUT2D eigenvalue weighted by atomic mass is 16.5. The summed E-state index contributed by atoms with van der Waals surface area (Å²) in [5, 5.41) is 13.9. The van der Waals surface area contributed by atoms with Gasteiger partial charge >= 0.3 is 0 Å². The van der Waals surface area contributed by atoms with Crippen molar-refractivity contribution in [3.05, 3.63) is 65.4 Å². The standard InChI is InChI=1S/C19H17N3O3/c1-12-9-17(16-10-15(25-2)7-8-18(16)21-12)19(24)22-20-11-13-3-5-14(23)6-4-13/h3-11,23H,1-2H3,(H,22,24)/b20-11+. The second kappa shape index (κ2) is 7.00. The van der Waals surface area contributed by atoms with Crippen LogP contribution < -0.4 is 10.2 Å². The van der Waals surface area contributed by atoms with Gasteiger partial charge in [0.1, 0.15) is 11.5 Å². The third kappa shape index (κ3) is 3.74. The van der Waals surface area contributed by atoms with Gasteiger partial charge in [-0.25, -0.2) is 5.43 Å². The number of hydrogen-bond donors (Lipinski definition) is 2. The third-order valence-electron chi connectivity index (χ3n) is 3.66. The van der Waals surface area contributed by atoms with Crippen LogP contribution in [-0.4, -0.2) is 29.3 Å². The van der Waals surface area contributed by atoms with E-state index >= 15 is 0 Å². The molecule has 0 aliphatic rings. The molecule has 0 bridgehead atoms. The second-order valence-electron chi connectivity index (χ2n) is 5.48. The van der Waals surface area contributed by atoms with Gasteiger partial charge in [0.15, 0.2) is 0 Å². The summed E-state index contributed by atoms with van der Waals surface area (Å²) >= 11 is 0. The number of nitrogens with zero attached hydrogens (tertiary/aromatic N) is 2. The minimum absolute atomic E-state index is 0.175. The lowest BCUT2D eigenvalue weighted by Gasteiger charge is -2.08. The number of ether oxygens (including phenoxy) is 1. The summed E-state index contributed by atoms with van der Waals surface area (Å²) in [7, 11) is 1.57. The van der Waals surface area contributed by atoms with Crippen molar-refractivity contribution in [2.75, 3.05) is 7.11 Å². The Balaban J connectivity index is 1.87. The summed E-state index contributed by atoms with van der Waals surface area (Å²) in [6, 6.07) is 13.6. The van der Waals surface area contributed by atoms with E-state index in [0.717, 1.165) is 11.3 Å². The minimum atomic E-state index is -0.334. The van der Waals surface area contributed by atoms with Gasteiger partial charge in [-0.1, -0.05) is 0 Å². The van der Waals surface area contributed by atoms with Gasteiger partial charge in [0, 0.05) is 11.1 Å². The number of aromatic hydroxyl groups is 1. The molecule has 2 aromatic carbocycles. The summed E-state index contributed by atoms with van der Waals surface area (Å²) in [6.07, 6.45) is 1.51. The number of hydrogen-bond acceptors (Lipinski definition) is 5. The van der Waals surface area contributed by atoms with Gasteiger partial charge < -0.3 is 9.84 Å². The number of benzene rings is 2. The van der Waals surface area contributed by atoms with Crippen molar-refractivity contribution in [1.82, 2.24) is 10.4 Å². The molecule has 0 aliphatic carbocycles. The first-order chi connectivity index (χ1) is 12.1. The van der Waals surface area contributed by atoms with Gasteiger partial charge in [0.25, 0.3) is 5.91 Å². The molecule has 0 fully saturated rings. The smallest absolute Gasteiger partial charge is 0.272 e. The zero-order valence-electron chi connectivity index (χ0n) is 13.9. The normalized spacial score (nSPS) is 11.0. The van der Waals surface area contributed by atoms with E-state index in [4.69, 9.17) is 4.74 Å². The monoisotopic (exact) mass is 335 g/mol. The summed E-state index contributed by atoms with van der Waals surface area (Å²) < 4.78 is 5.23. The fraction of sp³-hybridized carbons (Fsp3) is 0.105. The van der Waals surface area contributed by atoms with Crippen LogP contribution in [0.1, 0.15) is 21.6 Å². The Morgan fingerprint density at radius 1 is 1.20 bits per heavy atom. The number of carbonyl (C=O) groups is 1. The molecule has 0 aliphatic heterocycles. The van der Waals surface area contributed by atoms with E-state index in [-0.39, 0.29) is 11.7 Å². The molecule has 0 spiro atoms. The second-order valence-corrected chi connectivity index (χ2v) is 5.48. The van der Waals surface area contributed by atoms with Crippen LogP contribution in [0.25, 0.3) is 10.9 Å². The van der Waals surface area contributed by atoms with Crippen LogP contribution in [0, 0.1) is 6.92 Å². The fourth-order valence-electron chi connectivity index (χ4n) is 2.44. The highest BCUT2D eigenvalue weighted by Crippen LogP contribution is 2.23. The number of rotatable bonds is 4. The molecule has 6 heteroatoms. The van der Waals surface area contributed by atoms with E-state index in [1.807, 2.05) is 13.0 Å². The van der Waals surface area contributed by atoms with Crippen molar-refractivity contribution < 1.29 is 14.6 Å². The molecule has 3 aromatic rings. The SMILES string of the molecule is COc1ccc2nc(C)cc(C(=O)N/N=C/c3ccc(O)cc3)c2c1. The summed E-state index contributed by atoms with van der Waals surface area (Å²) in [5.41, 5.74) is 5.21. The van der Waals surface area contributed by atoms with Crippen molar-refractivity contribution in [3.8, 4) is 11.5 Å². The number of fused-ring (bicyclic) bond motifs is 1. The summed E-state index contributed by atoms with van der Waals surface area (Å²) in [5.74, 6) is 0.493. The Morgan fingerprint density at radius 3 is 2.68 bits per heavy atom. The zero-order valence-corrected chi connectivity index (χ0v) is 13.9. The van der Waals surface area contributed by atoms with Gasteiger partial charge in [-0.3, -0.25) is 9.78 Å². The van der Waals surface area contributed by atoms with Gasteiger partial charge in [0.05, 0.1) is 24.4 Å². The van der Waals surface area contributed by atoms with E-state index in [2.05, 4.69) is 15.5 Å². The lowest BCUT2D eigenvalue weighted by atomic mass is 10.1. The van der Waals surface area contributed by atoms with Gasteiger partial charge in [-0.15, -0.1) is 0 Å². The maximum Gasteiger partial charge on any atom is 0.272 e. The van der Waals surface area contributed by atoms with Crippen molar-refractivity contribution in [3.63, 3.8) is 0 Å². The summed E-state index contributed by atoms with van der Waals surface area (Å²) in [6.45, 7) is 1.83. The molecular formula is C19H17N3O3. The van der Waals surface area contributed by atoms with E-state index < -0.39 is 0 Å². The number of carbonyl (C=O) groups excluding carboxylic acids is 1. The molecule has 0 radical (unpaired) electrons. The zero-order chi connectivity index (χ0) is 17.8. The average Bonchev–Trinajstić information content (AvgIpc) is 2.62. The van der Waals surface area contributed by atoms with Crippen molar-refractivity contribution in [2.45, 2.75) is 6.92 Å². The molecule has 1 aromatic heterocycles. The predicted molar refractivity (Wildman–Crippen MR) is 96.2 cm³/mol. The van der Waals surface area contributed by atoms with Crippen LogP contribution in [0.5, 0.6) is 11.5 Å². The highest BCUT2D eigenvalue weighted by Gasteiger charge is 2.12. The number of hydrazone groups is 1. The van der Waals surface area contributed by atoms with Crippen LogP contribution in [0.2, 0.25) is 0 Å². The van der Waals surface area contributed by atoms with Crippen molar-refractivity contribution >= 4 is 23.0 Å². The number of methoxy groups -OCH3 is 1. The van der Waals surface area contributed by atoms with E-state index in [1.165, 1.54) is 6.21 Å². The van der Waals surface area contributed by atoms with Crippen molar-refractivity contribution in [2.24, 2.45) is 5.10 Å². The van der Waals surface area contributed by atoms with Gasteiger partial charge in [0.2, 0.25) is 0 Å². The van der Waals surface area contributed by atoms with Crippen LogP contribution in [0.4, 0.5) is 0 Å². The Hall–Kier alpha value is -3.41. The van der Waals surface area contributed by atoms with Gasteiger partial charge in [-0.05, 0) is 61.0 Å². The molecule has 0 atom stereocenters. The highest BCUT2D eigenvalue weighted by molar-refractivity contribution is 6.06. The lowest BCUT2D eigenvalue weighted by molar-refractivity contribution is 0.0956. The number of amides is 1. The van der Waals surface area contributed by atoms with Crippen LogP contribution in [0.15, 0.2) is 53.6 Å². The van der Waals surface area contributed by atoms with E-state index in [9.17, 15) is 9.90 Å². The molecule has 2 N–H and O–H groups in total. The molecule has 0 saturated heterocycles. The maximum atomic E-state index is 12.5. The molecule has 0 saturated carbocycles. The number of phenolic OH excluding ortho intramolecular Hbond substituents is 1. The van der Waals surface area contributed by atoms with Crippen molar-refractivity contribution in [1.29, 1.82) is 0 Å². The molecule has 25 heavy (non-hydrogen) atoms. The number of aryl methyl sites for hydroxylation is 1. The Bertz CT molecular complexity index is 950. The molecule has 1 heterocycles. The van der Waals surface area contributed by atoms with E-state index in [1.54, 1.807) is 49.6 Å². The van der Waals surface area contributed by atoms with Gasteiger partial charge in [-0.2, -0.15) is 5.10 Å². The number of phenols is 1. The molecule has 126 valence electrons. The molecule has 1 amide bonds. The van der Waals surface area contributed by atoms with Crippen LogP contribution >= 0.6 is 0 Å². The Labute approximate surface area is 144 Å². The lowest BCUT2D eigenvalue weighted by Crippen LogP contribution is -2.18. The number of pyridine rings is 1. The average molecular weight is 335 g/mol. The first-order valence-electron chi connectivity index (χ1n) is 7.64. The number of aromatic nitrogens is 1. The first kappa shape index (κ1) is 16.4. The molecule has 0 unspecified atom stereocenters.